The van der Waals surface area contributed by atoms with Crippen LogP contribution in [0.1, 0.15) is 11.7 Å². The predicted molar refractivity (Wildman–Crippen MR) is 63.0 cm³/mol. The van der Waals surface area contributed by atoms with Gasteiger partial charge in [0.15, 0.2) is 17.4 Å². The van der Waals surface area contributed by atoms with Crippen molar-refractivity contribution >= 4 is 16.8 Å². The lowest BCUT2D eigenvalue weighted by molar-refractivity contribution is 0.0933. The third-order valence-corrected chi connectivity index (χ3v) is 2.60. The van der Waals surface area contributed by atoms with E-state index in [1.165, 1.54) is 31.8 Å². The van der Waals surface area contributed by atoms with Crippen LogP contribution in [-0.2, 0) is 0 Å². The second kappa shape index (κ2) is 4.01. The molecular formula is C12H13NO4. The van der Waals surface area contributed by atoms with Crippen LogP contribution in [0.25, 0.3) is 10.9 Å². The van der Waals surface area contributed by atoms with Crippen molar-refractivity contribution in [1.82, 2.24) is 4.57 Å². The van der Waals surface area contributed by atoms with Gasteiger partial charge < -0.3 is 14.6 Å². The van der Waals surface area contributed by atoms with Gasteiger partial charge in [0, 0.05) is 24.4 Å². The zero-order valence-electron chi connectivity index (χ0n) is 9.85. The molecular weight excluding hydrogens is 222 g/mol. The van der Waals surface area contributed by atoms with E-state index in [0.29, 0.717) is 17.0 Å². The zero-order valence-corrected chi connectivity index (χ0v) is 9.85. The molecule has 0 radical (unpaired) electrons. The summed E-state index contributed by atoms with van der Waals surface area (Å²) < 4.78 is 11.5. The lowest BCUT2D eigenvalue weighted by Crippen LogP contribution is -2.04. The molecule has 1 aromatic heterocycles. The molecule has 0 spiro atoms. The first-order valence-electron chi connectivity index (χ1n) is 5.06. The molecule has 0 aliphatic rings. The van der Waals surface area contributed by atoms with Gasteiger partial charge in [-0.15, -0.1) is 0 Å². The van der Waals surface area contributed by atoms with E-state index >= 15 is 0 Å². The highest BCUT2D eigenvalue weighted by Crippen LogP contribution is 2.35. The molecule has 0 aliphatic heterocycles. The van der Waals surface area contributed by atoms with Crippen LogP contribution in [0, 0.1) is 0 Å². The van der Waals surface area contributed by atoms with Crippen LogP contribution < -0.4 is 9.47 Å². The first-order chi connectivity index (χ1) is 8.08. The fourth-order valence-corrected chi connectivity index (χ4v) is 1.85. The monoisotopic (exact) mass is 235 g/mol. The van der Waals surface area contributed by atoms with Crippen molar-refractivity contribution in [2.75, 3.05) is 14.2 Å². The largest absolute Gasteiger partial charge is 0.494 e. The maximum Gasteiger partial charge on any atom is 0.230 e. The SMILES string of the molecule is COc1cc2cc(O)n(C(C)=O)c2cc1OC. The smallest absolute Gasteiger partial charge is 0.230 e. The van der Waals surface area contributed by atoms with E-state index in [0.717, 1.165) is 5.39 Å². The Hall–Kier alpha value is -2.17. The van der Waals surface area contributed by atoms with Gasteiger partial charge in [0.2, 0.25) is 5.91 Å². The van der Waals surface area contributed by atoms with E-state index in [9.17, 15) is 9.90 Å². The Morgan fingerprint density at radius 2 is 1.76 bits per heavy atom. The number of fused-ring (bicyclic) bond motifs is 1. The Bertz CT molecular complexity index is 586. The van der Waals surface area contributed by atoms with Crippen LogP contribution in [0.4, 0.5) is 0 Å². The van der Waals surface area contributed by atoms with Crippen molar-refractivity contribution in [3.05, 3.63) is 18.2 Å². The Morgan fingerprint density at radius 1 is 1.18 bits per heavy atom. The molecule has 0 atom stereocenters. The molecule has 0 fully saturated rings. The lowest BCUT2D eigenvalue weighted by Gasteiger charge is -2.08. The Kier molecular flexibility index (Phi) is 2.67. The van der Waals surface area contributed by atoms with E-state index < -0.39 is 0 Å². The summed E-state index contributed by atoms with van der Waals surface area (Å²) in [5.74, 6) is 0.717. The second-order valence-electron chi connectivity index (χ2n) is 3.62. The predicted octanol–water partition coefficient (Wildman–Crippen LogP) is 2.02. The zero-order chi connectivity index (χ0) is 12.6. The molecule has 2 aromatic rings. The van der Waals surface area contributed by atoms with Crippen molar-refractivity contribution in [2.45, 2.75) is 6.92 Å². The van der Waals surface area contributed by atoms with E-state index in [4.69, 9.17) is 9.47 Å². The number of aromatic hydroxyl groups is 1. The van der Waals surface area contributed by atoms with Crippen molar-refractivity contribution in [2.24, 2.45) is 0 Å². The number of carbonyl (C=O) groups excluding carboxylic acids is 1. The van der Waals surface area contributed by atoms with E-state index in [1.807, 2.05) is 0 Å². The number of nitrogens with zero attached hydrogens (tertiary/aromatic N) is 1. The average Bonchev–Trinajstić information content (AvgIpc) is 2.61. The van der Waals surface area contributed by atoms with Crippen LogP contribution in [0.3, 0.4) is 0 Å². The third-order valence-electron chi connectivity index (χ3n) is 2.60. The fourth-order valence-electron chi connectivity index (χ4n) is 1.85. The first-order valence-corrected chi connectivity index (χ1v) is 5.06. The highest BCUT2D eigenvalue weighted by molar-refractivity contribution is 5.95. The summed E-state index contributed by atoms with van der Waals surface area (Å²) in [6.07, 6.45) is 0. The number of benzene rings is 1. The summed E-state index contributed by atoms with van der Waals surface area (Å²) in [4.78, 5) is 11.4. The maximum absolute atomic E-state index is 11.4. The summed E-state index contributed by atoms with van der Waals surface area (Å²) in [7, 11) is 3.05. The van der Waals surface area contributed by atoms with Crippen LogP contribution >= 0.6 is 0 Å². The van der Waals surface area contributed by atoms with Gasteiger partial charge in [0.05, 0.1) is 19.7 Å². The van der Waals surface area contributed by atoms with Crippen LogP contribution in [0.15, 0.2) is 18.2 Å². The summed E-state index contributed by atoms with van der Waals surface area (Å²) in [5, 5.41) is 10.4. The molecule has 0 unspecified atom stereocenters. The minimum atomic E-state index is -0.260. The molecule has 1 N–H and O–H groups in total. The summed E-state index contributed by atoms with van der Waals surface area (Å²) in [6.45, 7) is 1.38. The van der Waals surface area contributed by atoms with Gasteiger partial charge in [-0.25, -0.2) is 0 Å². The fraction of sp³-hybridized carbons (Fsp3) is 0.250. The summed E-state index contributed by atoms with van der Waals surface area (Å²) >= 11 is 0. The number of hydrogen-bond acceptors (Lipinski definition) is 4. The Balaban J connectivity index is 2.79. The Labute approximate surface area is 98.2 Å². The molecule has 17 heavy (non-hydrogen) atoms. The van der Waals surface area contributed by atoms with Crippen LogP contribution in [0.5, 0.6) is 17.4 Å². The minimum absolute atomic E-state index is 0.0946. The van der Waals surface area contributed by atoms with Crippen molar-refractivity contribution in [3.63, 3.8) is 0 Å². The van der Waals surface area contributed by atoms with Gasteiger partial charge in [-0.1, -0.05) is 0 Å². The van der Waals surface area contributed by atoms with Gasteiger partial charge in [0.25, 0.3) is 0 Å². The Morgan fingerprint density at radius 3 is 2.29 bits per heavy atom. The van der Waals surface area contributed by atoms with Crippen molar-refractivity contribution < 1.29 is 19.4 Å². The quantitative estimate of drug-likeness (QED) is 0.865. The van der Waals surface area contributed by atoms with E-state index in [-0.39, 0.29) is 11.8 Å². The van der Waals surface area contributed by atoms with Crippen molar-refractivity contribution in [1.29, 1.82) is 0 Å². The normalized spacial score (nSPS) is 10.5. The first kappa shape index (κ1) is 11.3. The van der Waals surface area contributed by atoms with Crippen molar-refractivity contribution in [3.8, 4) is 17.4 Å². The average molecular weight is 235 g/mol. The molecule has 0 bridgehead atoms. The maximum atomic E-state index is 11.4. The van der Waals surface area contributed by atoms with E-state index in [1.54, 1.807) is 12.1 Å². The third kappa shape index (κ3) is 1.69. The molecule has 2 rings (SSSR count). The van der Waals surface area contributed by atoms with Gasteiger partial charge in [0.1, 0.15) is 0 Å². The number of aromatic nitrogens is 1. The van der Waals surface area contributed by atoms with Crippen LogP contribution in [0.2, 0.25) is 0 Å². The molecule has 1 aromatic carbocycles. The standard InChI is InChI=1S/C12H13NO4/c1-7(14)13-9-6-11(17-3)10(16-2)4-8(9)5-12(13)15/h4-6,15H,1-3H3. The van der Waals surface area contributed by atoms with Gasteiger partial charge in [-0.3, -0.25) is 9.36 Å². The van der Waals surface area contributed by atoms with Gasteiger partial charge in [-0.2, -0.15) is 0 Å². The summed E-state index contributed by atoms with van der Waals surface area (Å²) in [5.41, 5.74) is 0.590. The topological polar surface area (TPSA) is 60.7 Å². The highest BCUT2D eigenvalue weighted by Gasteiger charge is 2.15. The highest BCUT2D eigenvalue weighted by atomic mass is 16.5. The molecule has 0 amide bonds. The number of carbonyl (C=O) groups is 1. The number of ether oxygens (including phenoxy) is 2. The molecule has 5 heteroatoms. The lowest BCUT2D eigenvalue weighted by atomic mass is 10.2. The minimum Gasteiger partial charge on any atom is -0.494 e. The molecule has 1 heterocycles. The van der Waals surface area contributed by atoms with Crippen LogP contribution in [-0.4, -0.2) is 29.8 Å². The molecule has 90 valence electrons. The summed E-state index contributed by atoms with van der Waals surface area (Å²) in [6, 6.07) is 4.89. The number of methoxy groups -OCH3 is 2. The second-order valence-corrected chi connectivity index (χ2v) is 3.62. The van der Waals surface area contributed by atoms with Gasteiger partial charge in [-0.05, 0) is 6.07 Å². The molecule has 0 saturated heterocycles. The molecule has 5 nitrogen and oxygen atoms in total. The van der Waals surface area contributed by atoms with E-state index in [2.05, 4.69) is 0 Å². The molecule has 0 saturated carbocycles. The number of rotatable bonds is 2. The number of hydrogen-bond donors (Lipinski definition) is 1. The van der Waals surface area contributed by atoms with Gasteiger partial charge >= 0.3 is 0 Å². The molecule has 0 aliphatic carbocycles.